The Morgan fingerprint density at radius 3 is 2.71 bits per heavy atom. The van der Waals surface area contributed by atoms with Crippen LogP contribution in [0.15, 0.2) is 54.4 Å². The highest BCUT2D eigenvalue weighted by Gasteiger charge is 2.39. The molecule has 0 aliphatic carbocycles. The summed E-state index contributed by atoms with van der Waals surface area (Å²) in [7, 11) is 0. The Labute approximate surface area is 146 Å². The van der Waals surface area contributed by atoms with Crippen LogP contribution in [0.5, 0.6) is 0 Å². The van der Waals surface area contributed by atoms with Gasteiger partial charge in [0.1, 0.15) is 0 Å². The lowest BCUT2D eigenvalue weighted by atomic mass is 10.0. The first-order valence-corrected chi connectivity index (χ1v) is 7.59. The SMILES string of the molecule is O=C1OC(/C(=C\Nc2ccc(Cl)cc2Cl)[N+](=O)[O-])c2ccccc21. The highest BCUT2D eigenvalue weighted by atomic mass is 35.5. The lowest BCUT2D eigenvalue weighted by molar-refractivity contribution is -0.436. The minimum absolute atomic E-state index is 0.306. The molecule has 2 aromatic carbocycles. The molecule has 8 heteroatoms. The zero-order chi connectivity index (χ0) is 17.3. The molecule has 1 aliphatic rings. The highest BCUT2D eigenvalue weighted by molar-refractivity contribution is 6.36. The Morgan fingerprint density at radius 1 is 1.25 bits per heavy atom. The molecule has 0 radical (unpaired) electrons. The van der Waals surface area contributed by atoms with E-state index in [4.69, 9.17) is 27.9 Å². The summed E-state index contributed by atoms with van der Waals surface area (Å²) in [5.74, 6) is -0.590. The normalized spacial score (nSPS) is 16.5. The molecule has 1 aliphatic heterocycles. The van der Waals surface area contributed by atoms with Crippen molar-refractivity contribution in [3.8, 4) is 0 Å². The third-order valence-electron chi connectivity index (χ3n) is 3.47. The van der Waals surface area contributed by atoms with Crippen LogP contribution in [0.1, 0.15) is 22.0 Å². The van der Waals surface area contributed by atoms with E-state index in [-0.39, 0.29) is 5.70 Å². The van der Waals surface area contributed by atoms with E-state index in [0.29, 0.717) is 26.9 Å². The first-order chi connectivity index (χ1) is 11.5. The number of nitro groups is 1. The second kappa shape index (κ2) is 6.51. The van der Waals surface area contributed by atoms with Gasteiger partial charge in [-0.15, -0.1) is 0 Å². The van der Waals surface area contributed by atoms with Gasteiger partial charge in [-0.1, -0.05) is 41.4 Å². The smallest absolute Gasteiger partial charge is 0.339 e. The van der Waals surface area contributed by atoms with Crippen LogP contribution in [0.3, 0.4) is 0 Å². The number of cyclic esters (lactones) is 1. The lowest BCUT2D eigenvalue weighted by Gasteiger charge is -2.09. The number of hydrogen-bond donors (Lipinski definition) is 1. The number of benzene rings is 2. The van der Waals surface area contributed by atoms with Gasteiger partial charge in [0.15, 0.2) is 0 Å². The van der Waals surface area contributed by atoms with Crippen LogP contribution < -0.4 is 5.32 Å². The summed E-state index contributed by atoms with van der Waals surface area (Å²) in [6, 6.07) is 11.2. The topological polar surface area (TPSA) is 81.5 Å². The van der Waals surface area contributed by atoms with Gasteiger partial charge in [0, 0.05) is 10.6 Å². The monoisotopic (exact) mass is 364 g/mol. The van der Waals surface area contributed by atoms with Crippen molar-refractivity contribution < 1.29 is 14.5 Å². The van der Waals surface area contributed by atoms with Crippen LogP contribution in [-0.4, -0.2) is 10.9 Å². The number of hydrogen-bond acceptors (Lipinski definition) is 5. The molecule has 0 saturated carbocycles. The van der Waals surface area contributed by atoms with Crippen molar-refractivity contribution in [2.24, 2.45) is 0 Å². The maximum Gasteiger partial charge on any atom is 0.339 e. The van der Waals surface area contributed by atoms with Gasteiger partial charge in [0.2, 0.25) is 6.10 Å². The van der Waals surface area contributed by atoms with Crippen LogP contribution in [0.25, 0.3) is 0 Å². The van der Waals surface area contributed by atoms with E-state index in [1.165, 1.54) is 6.07 Å². The fourth-order valence-electron chi connectivity index (χ4n) is 2.35. The maximum atomic E-state index is 11.8. The summed E-state index contributed by atoms with van der Waals surface area (Å²) in [4.78, 5) is 22.7. The van der Waals surface area contributed by atoms with E-state index >= 15 is 0 Å². The van der Waals surface area contributed by atoms with Crippen LogP contribution in [-0.2, 0) is 4.74 Å². The van der Waals surface area contributed by atoms with E-state index in [9.17, 15) is 14.9 Å². The predicted octanol–water partition coefficient (Wildman–Crippen LogP) is 4.44. The number of fused-ring (bicyclic) bond motifs is 1. The van der Waals surface area contributed by atoms with Crippen molar-refractivity contribution in [2.75, 3.05) is 5.32 Å². The average molecular weight is 365 g/mol. The summed E-state index contributed by atoms with van der Waals surface area (Å²) in [6.45, 7) is 0. The second-order valence-corrected chi connectivity index (χ2v) is 5.81. The zero-order valence-electron chi connectivity index (χ0n) is 12.0. The summed E-state index contributed by atoms with van der Waals surface area (Å²) in [5.41, 5.74) is 0.909. The minimum atomic E-state index is -1.08. The fourth-order valence-corrected chi connectivity index (χ4v) is 2.81. The number of esters is 1. The Hall–Kier alpha value is -2.57. The largest absolute Gasteiger partial charge is 0.442 e. The molecule has 24 heavy (non-hydrogen) atoms. The molecule has 1 heterocycles. The Balaban J connectivity index is 1.94. The molecule has 6 nitrogen and oxygen atoms in total. The third-order valence-corrected chi connectivity index (χ3v) is 4.02. The number of carbonyl (C=O) groups excluding carboxylic acids is 1. The van der Waals surface area contributed by atoms with Gasteiger partial charge < -0.3 is 10.1 Å². The van der Waals surface area contributed by atoms with Crippen LogP contribution in [0.2, 0.25) is 10.0 Å². The molecule has 0 bridgehead atoms. The van der Waals surface area contributed by atoms with Crippen molar-refractivity contribution in [1.29, 1.82) is 0 Å². The molecule has 0 fully saturated rings. The summed E-state index contributed by atoms with van der Waals surface area (Å²) in [6.07, 6.45) is 0.0806. The van der Waals surface area contributed by atoms with Gasteiger partial charge in [0.05, 0.1) is 27.4 Å². The molecular weight excluding hydrogens is 355 g/mol. The van der Waals surface area contributed by atoms with Crippen molar-refractivity contribution >= 4 is 34.9 Å². The summed E-state index contributed by atoms with van der Waals surface area (Å²) >= 11 is 11.8. The van der Waals surface area contributed by atoms with Gasteiger partial charge in [0.25, 0.3) is 0 Å². The molecule has 2 aromatic rings. The van der Waals surface area contributed by atoms with Crippen molar-refractivity contribution in [3.63, 3.8) is 0 Å². The fraction of sp³-hybridized carbons (Fsp3) is 0.0625. The molecule has 3 rings (SSSR count). The zero-order valence-corrected chi connectivity index (χ0v) is 13.5. The Bertz CT molecular complexity index is 867. The number of nitrogens with one attached hydrogen (secondary N) is 1. The molecule has 0 spiro atoms. The van der Waals surface area contributed by atoms with Crippen LogP contribution in [0.4, 0.5) is 5.69 Å². The van der Waals surface area contributed by atoms with E-state index in [1.807, 2.05) is 0 Å². The number of anilines is 1. The summed E-state index contributed by atoms with van der Waals surface area (Å²) in [5, 5.41) is 14.9. The molecule has 0 aromatic heterocycles. The summed E-state index contributed by atoms with van der Waals surface area (Å²) < 4.78 is 5.15. The molecule has 0 amide bonds. The van der Waals surface area contributed by atoms with Crippen molar-refractivity contribution in [1.82, 2.24) is 0 Å². The number of halogens is 2. The van der Waals surface area contributed by atoms with Gasteiger partial charge >= 0.3 is 11.7 Å². The standard InChI is InChI=1S/C16H10Cl2N2O4/c17-9-5-6-13(12(18)7-9)19-8-14(20(22)23)15-10-3-1-2-4-11(10)16(21)24-15/h1-8,15,19H/b14-8+. The number of carbonyl (C=O) groups is 1. The first-order valence-electron chi connectivity index (χ1n) is 6.83. The molecule has 122 valence electrons. The van der Waals surface area contributed by atoms with E-state index in [2.05, 4.69) is 5.32 Å². The van der Waals surface area contributed by atoms with E-state index in [0.717, 1.165) is 6.20 Å². The van der Waals surface area contributed by atoms with Crippen LogP contribution in [0, 0.1) is 10.1 Å². The van der Waals surface area contributed by atoms with Gasteiger partial charge in [-0.25, -0.2) is 4.79 Å². The second-order valence-electron chi connectivity index (χ2n) is 4.97. The van der Waals surface area contributed by atoms with E-state index < -0.39 is 17.0 Å². The van der Waals surface area contributed by atoms with Crippen molar-refractivity contribution in [2.45, 2.75) is 6.10 Å². The minimum Gasteiger partial charge on any atom is -0.442 e. The first kappa shape index (κ1) is 16.3. The Morgan fingerprint density at radius 2 is 2.00 bits per heavy atom. The molecule has 0 saturated heterocycles. The maximum absolute atomic E-state index is 11.8. The van der Waals surface area contributed by atoms with Gasteiger partial charge in [-0.05, 0) is 24.3 Å². The highest BCUT2D eigenvalue weighted by Crippen LogP contribution is 2.36. The average Bonchev–Trinajstić information content (AvgIpc) is 2.87. The van der Waals surface area contributed by atoms with Crippen molar-refractivity contribution in [3.05, 3.63) is 85.6 Å². The molecule has 1 N–H and O–H groups in total. The van der Waals surface area contributed by atoms with Gasteiger partial charge in [-0.2, -0.15) is 0 Å². The predicted molar refractivity (Wildman–Crippen MR) is 89.8 cm³/mol. The molecule has 1 unspecified atom stereocenters. The number of nitrogens with zero attached hydrogens (tertiary/aromatic N) is 1. The molecule has 1 atom stereocenters. The van der Waals surface area contributed by atoms with Crippen LogP contribution >= 0.6 is 23.2 Å². The van der Waals surface area contributed by atoms with Gasteiger partial charge in [-0.3, -0.25) is 10.1 Å². The number of rotatable bonds is 4. The van der Waals surface area contributed by atoms with E-state index in [1.54, 1.807) is 36.4 Å². The number of ether oxygens (including phenoxy) is 1. The molecular formula is C16H10Cl2N2O4. The quantitative estimate of drug-likeness (QED) is 0.492. The lowest BCUT2D eigenvalue weighted by Crippen LogP contribution is -2.12. The Kier molecular flexibility index (Phi) is 4.42. The third kappa shape index (κ3) is 3.06.